The Morgan fingerprint density at radius 2 is 2.14 bits per heavy atom. The van der Waals surface area contributed by atoms with Crippen LogP contribution < -0.4 is 4.90 Å². The number of ether oxygens (including phenoxy) is 1. The molecule has 1 saturated heterocycles. The number of phenols is 1. The lowest BCUT2D eigenvalue weighted by Gasteiger charge is -2.16. The Morgan fingerprint density at radius 3 is 2.75 bits per heavy atom. The first-order valence-electron chi connectivity index (χ1n) is 8.29. The van der Waals surface area contributed by atoms with Gasteiger partial charge in [-0.3, -0.25) is 9.88 Å². The molecule has 0 radical (unpaired) electrons. The molecule has 1 aliphatic heterocycles. The third kappa shape index (κ3) is 3.01. The Labute approximate surface area is 157 Å². The molecular formula is C17H15FN6O4. The van der Waals surface area contributed by atoms with E-state index in [1.54, 1.807) is 19.2 Å². The molecule has 28 heavy (non-hydrogen) atoms. The normalized spacial score (nSPS) is 16.5. The zero-order valence-corrected chi connectivity index (χ0v) is 14.7. The number of carbonyl (C=O) groups excluding carboxylic acids is 1. The second kappa shape index (κ2) is 6.85. The molecule has 1 fully saturated rings. The Kier molecular flexibility index (Phi) is 4.35. The van der Waals surface area contributed by atoms with Gasteiger partial charge in [0.15, 0.2) is 11.6 Å². The summed E-state index contributed by atoms with van der Waals surface area (Å²) in [6.07, 6.45) is -0.0557. The minimum absolute atomic E-state index is 0.0169. The van der Waals surface area contributed by atoms with Crippen molar-refractivity contribution in [2.24, 2.45) is 7.05 Å². The molecule has 1 amide bonds. The smallest absolute Gasteiger partial charge is 0.414 e. The van der Waals surface area contributed by atoms with Gasteiger partial charge in [0.2, 0.25) is 5.82 Å². The van der Waals surface area contributed by atoms with Crippen LogP contribution >= 0.6 is 0 Å². The van der Waals surface area contributed by atoms with Crippen molar-refractivity contribution in [2.75, 3.05) is 18.1 Å². The van der Waals surface area contributed by atoms with Gasteiger partial charge in [-0.1, -0.05) is 6.07 Å². The van der Waals surface area contributed by atoms with Gasteiger partial charge in [0.25, 0.3) is 0 Å². The number of hydrogen-bond donors (Lipinski definition) is 2. The summed E-state index contributed by atoms with van der Waals surface area (Å²) in [5.74, 6) is -1.25. The Balaban J connectivity index is 1.64. The zero-order valence-electron chi connectivity index (χ0n) is 14.7. The summed E-state index contributed by atoms with van der Waals surface area (Å²) >= 11 is 0. The summed E-state index contributed by atoms with van der Waals surface area (Å²) in [6, 6.07) is 6.07. The van der Waals surface area contributed by atoms with Gasteiger partial charge in [0, 0.05) is 17.3 Å². The van der Waals surface area contributed by atoms with Crippen LogP contribution in [0.15, 0.2) is 30.5 Å². The Morgan fingerprint density at radius 1 is 1.32 bits per heavy atom. The number of cyclic esters (lactones) is 1. The third-order valence-electron chi connectivity index (χ3n) is 4.28. The second-order valence-corrected chi connectivity index (χ2v) is 6.13. The highest BCUT2D eigenvalue weighted by Gasteiger charge is 2.34. The van der Waals surface area contributed by atoms with E-state index in [4.69, 9.17) is 9.84 Å². The van der Waals surface area contributed by atoms with Crippen molar-refractivity contribution < 1.29 is 24.1 Å². The SMILES string of the molecule is Cn1nnc(-c2ccc(-c3ccc(N4C[C@H](CO)OC4=O)c(O)c3F)cn2)n1. The van der Waals surface area contributed by atoms with E-state index < -0.39 is 23.8 Å². The molecule has 3 aromatic rings. The highest BCUT2D eigenvalue weighted by molar-refractivity contribution is 5.92. The van der Waals surface area contributed by atoms with Crippen molar-refractivity contribution in [3.8, 4) is 28.4 Å². The monoisotopic (exact) mass is 386 g/mol. The Bertz CT molecular complexity index is 1040. The quantitative estimate of drug-likeness (QED) is 0.683. The molecule has 0 bridgehead atoms. The highest BCUT2D eigenvalue weighted by atomic mass is 19.1. The summed E-state index contributed by atoms with van der Waals surface area (Å²) in [6.45, 7) is -0.342. The minimum Gasteiger partial charge on any atom is -0.503 e. The fraction of sp³-hybridized carbons (Fsp3) is 0.235. The van der Waals surface area contributed by atoms with Crippen molar-refractivity contribution in [2.45, 2.75) is 6.10 Å². The van der Waals surface area contributed by atoms with Gasteiger partial charge in [-0.2, -0.15) is 4.80 Å². The summed E-state index contributed by atoms with van der Waals surface area (Å²) in [5, 5.41) is 31.0. The van der Waals surface area contributed by atoms with E-state index >= 15 is 0 Å². The molecular weight excluding hydrogens is 371 g/mol. The maximum absolute atomic E-state index is 14.8. The predicted molar refractivity (Wildman–Crippen MR) is 93.8 cm³/mol. The van der Waals surface area contributed by atoms with Crippen LogP contribution in [0.5, 0.6) is 5.75 Å². The number of aryl methyl sites for hydroxylation is 1. The molecule has 0 spiro atoms. The lowest BCUT2D eigenvalue weighted by atomic mass is 10.0. The fourth-order valence-corrected chi connectivity index (χ4v) is 2.88. The number of tetrazole rings is 1. The molecule has 10 nitrogen and oxygen atoms in total. The van der Waals surface area contributed by atoms with Crippen molar-refractivity contribution >= 4 is 11.8 Å². The molecule has 4 rings (SSSR count). The van der Waals surface area contributed by atoms with E-state index in [-0.39, 0.29) is 24.4 Å². The molecule has 1 aromatic carbocycles. The van der Waals surface area contributed by atoms with Gasteiger partial charge in [-0.25, -0.2) is 9.18 Å². The van der Waals surface area contributed by atoms with E-state index in [2.05, 4.69) is 20.4 Å². The standard InChI is InChI=1S/C17H15FN6O4/c1-23-21-16(20-22-23)12-4-2-9(6-19-12)11-3-5-13(15(26)14(11)18)24-7-10(8-25)28-17(24)27/h2-6,10,25-26H,7-8H2,1H3/t10-/m1/s1. The van der Waals surface area contributed by atoms with Gasteiger partial charge >= 0.3 is 6.09 Å². The van der Waals surface area contributed by atoms with Crippen LogP contribution in [0.2, 0.25) is 0 Å². The van der Waals surface area contributed by atoms with Gasteiger partial charge in [-0.15, -0.1) is 10.2 Å². The number of pyridine rings is 1. The maximum Gasteiger partial charge on any atom is 0.414 e. The molecule has 0 unspecified atom stereocenters. The first kappa shape index (κ1) is 17.8. The van der Waals surface area contributed by atoms with E-state index in [0.717, 1.165) is 4.90 Å². The number of halogens is 1. The van der Waals surface area contributed by atoms with Crippen molar-refractivity contribution in [1.82, 2.24) is 25.2 Å². The topological polar surface area (TPSA) is 126 Å². The molecule has 144 valence electrons. The lowest BCUT2D eigenvalue weighted by Crippen LogP contribution is -2.25. The molecule has 11 heteroatoms. The molecule has 0 aliphatic carbocycles. The number of carbonyl (C=O) groups is 1. The van der Waals surface area contributed by atoms with Crippen LogP contribution in [0.4, 0.5) is 14.9 Å². The van der Waals surface area contributed by atoms with Crippen molar-refractivity contribution in [3.63, 3.8) is 0 Å². The van der Waals surface area contributed by atoms with Crippen LogP contribution in [0.3, 0.4) is 0 Å². The lowest BCUT2D eigenvalue weighted by molar-refractivity contribution is 0.0963. The number of aromatic hydroxyl groups is 1. The molecule has 3 heterocycles. The summed E-state index contributed by atoms with van der Waals surface area (Å²) in [7, 11) is 1.63. The van der Waals surface area contributed by atoms with Crippen molar-refractivity contribution in [1.29, 1.82) is 0 Å². The molecule has 2 aromatic heterocycles. The molecule has 0 saturated carbocycles. The number of rotatable bonds is 4. The molecule has 1 aliphatic rings. The first-order valence-corrected chi connectivity index (χ1v) is 8.29. The summed E-state index contributed by atoms with van der Waals surface area (Å²) in [4.78, 5) is 18.4. The number of phenolic OH excluding ortho intramolecular Hbond substituents is 1. The van der Waals surface area contributed by atoms with E-state index in [1.165, 1.54) is 23.1 Å². The van der Waals surface area contributed by atoms with Crippen LogP contribution in [0.25, 0.3) is 22.6 Å². The maximum atomic E-state index is 14.8. The number of hydrogen-bond acceptors (Lipinski definition) is 8. The predicted octanol–water partition coefficient (Wildman–Crippen LogP) is 1.10. The molecule has 1 atom stereocenters. The van der Waals surface area contributed by atoms with E-state index in [0.29, 0.717) is 17.1 Å². The largest absolute Gasteiger partial charge is 0.503 e. The second-order valence-electron chi connectivity index (χ2n) is 6.13. The number of amides is 1. The number of aliphatic hydroxyl groups is 1. The van der Waals surface area contributed by atoms with Gasteiger partial charge in [0.1, 0.15) is 11.8 Å². The van der Waals surface area contributed by atoms with E-state index in [9.17, 15) is 14.3 Å². The van der Waals surface area contributed by atoms with Crippen LogP contribution in [0, 0.1) is 5.82 Å². The summed E-state index contributed by atoms with van der Waals surface area (Å²) in [5.41, 5.74) is 0.964. The van der Waals surface area contributed by atoms with Crippen molar-refractivity contribution in [3.05, 3.63) is 36.3 Å². The van der Waals surface area contributed by atoms with Crippen LogP contribution in [-0.4, -0.2) is 60.8 Å². The zero-order chi connectivity index (χ0) is 19.8. The first-order chi connectivity index (χ1) is 13.5. The number of benzene rings is 1. The number of anilines is 1. The van der Waals surface area contributed by atoms with Crippen LogP contribution in [-0.2, 0) is 11.8 Å². The average Bonchev–Trinajstić information content (AvgIpc) is 3.30. The highest BCUT2D eigenvalue weighted by Crippen LogP contribution is 2.38. The number of aliphatic hydroxyl groups excluding tert-OH is 1. The number of aromatic nitrogens is 5. The van der Waals surface area contributed by atoms with Gasteiger partial charge < -0.3 is 14.9 Å². The summed E-state index contributed by atoms with van der Waals surface area (Å²) < 4.78 is 19.7. The Hall–Kier alpha value is -3.60. The number of nitrogens with zero attached hydrogens (tertiary/aromatic N) is 6. The van der Waals surface area contributed by atoms with Crippen LogP contribution in [0.1, 0.15) is 0 Å². The fourth-order valence-electron chi connectivity index (χ4n) is 2.88. The average molecular weight is 386 g/mol. The minimum atomic E-state index is -0.898. The van der Waals surface area contributed by atoms with Gasteiger partial charge in [-0.05, 0) is 23.4 Å². The third-order valence-corrected chi connectivity index (χ3v) is 4.28. The van der Waals surface area contributed by atoms with Gasteiger partial charge in [0.05, 0.1) is 25.9 Å². The molecule has 2 N–H and O–H groups in total. The van der Waals surface area contributed by atoms with E-state index in [1.807, 2.05) is 0 Å².